The number of nitrogens with two attached hydrogens (primary N) is 1. The molecule has 1 saturated carbocycles. The molecule has 2 N–H and O–H groups in total. The summed E-state index contributed by atoms with van der Waals surface area (Å²) in [5.74, 6) is 0.433. The van der Waals surface area contributed by atoms with Gasteiger partial charge in [-0.1, -0.05) is 25.0 Å². The molecule has 0 saturated heterocycles. The van der Waals surface area contributed by atoms with E-state index in [-0.39, 0.29) is 5.97 Å². The van der Waals surface area contributed by atoms with Crippen molar-refractivity contribution in [3.8, 4) is 0 Å². The normalized spacial score (nSPS) is 16.0. The van der Waals surface area contributed by atoms with Crippen LogP contribution >= 0.6 is 0 Å². The third-order valence-electron chi connectivity index (χ3n) is 3.25. The van der Waals surface area contributed by atoms with Crippen LogP contribution in [-0.2, 0) is 16.0 Å². The quantitative estimate of drug-likeness (QED) is 0.642. The Morgan fingerprint density at radius 2 is 2.12 bits per heavy atom. The highest BCUT2D eigenvalue weighted by Crippen LogP contribution is 2.24. The molecule has 1 aliphatic rings. The number of hydrogen-bond acceptors (Lipinski definition) is 3. The minimum absolute atomic E-state index is 0.150. The summed E-state index contributed by atoms with van der Waals surface area (Å²) in [7, 11) is 0. The van der Waals surface area contributed by atoms with Gasteiger partial charge in [-0.2, -0.15) is 0 Å². The van der Waals surface area contributed by atoms with E-state index in [1.807, 2.05) is 24.3 Å². The highest BCUT2D eigenvalue weighted by molar-refractivity contribution is 5.73. The number of carbonyl (C=O) groups is 1. The summed E-state index contributed by atoms with van der Waals surface area (Å²) >= 11 is 0. The predicted molar refractivity (Wildman–Crippen MR) is 67.5 cm³/mol. The molecule has 0 aromatic heterocycles. The lowest BCUT2D eigenvalue weighted by atomic mass is 10.1. The monoisotopic (exact) mass is 233 g/mol. The molecule has 0 aliphatic heterocycles. The van der Waals surface area contributed by atoms with E-state index in [9.17, 15) is 4.79 Å². The Hall–Kier alpha value is -1.51. The van der Waals surface area contributed by atoms with E-state index in [0.29, 0.717) is 24.6 Å². The van der Waals surface area contributed by atoms with E-state index in [1.165, 1.54) is 25.7 Å². The number of nitrogen functional groups attached to an aromatic ring is 1. The van der Waals surface area contributed by atoms with Crippen molar-refractivity contribution in [1.29, 1.82) is 0 Å². The predicted octanol–water partition coefficient (Wildman–Crippen LogP) is 2.54. The summed E-state index contributed by atoms with van der Waals surface area (Å²) in [6.07, 6.45) is 5.27. The van der Waals surface area contributed by atoms with E-state index in [2.05, 4.69) is 0 Å². The first-order valence-corrected chi connectivity index (χ1v) is 6.24. The molecule has 17 heavy (non-hydrogen) atoms. The van der Waals surface area contributed by atoms with E-state index in [4.69, 9.17) is 10.5 Å². The minimum Gasteiger partial charge on any atom is -0.465 e. The standard InChI is InChI=1S/C14H19NO2/c15-13-7-3-6-12(8-13)9-14(16)17-10-11-4-1-2-5-11/h3,6-8,11H,1-2,4-5,9-10,15H2. The van der Waals surface area contributed by atoms with Gasteiger partial charge in [0.25, 0.3) is 0 Å². The average Bonchev–Trinajstić information content (AvgIpc) is 2.79. The van der Waals surface area contributed by atoms with Gasteiger partial charge >= 0.3 is 5.97 Å². The van der Waals surface area contributed by atoms with Crippen molar-refractivity contribution >= 4 is 11.7 Å². The van der Waals surface area contributed by atoms with Crippen molar-refractivity contribution < 1.29 is 9.53 Å². The molecule has 3 heteroatoms. The van der Waals surface area contributed by atoms with Gasteiger partial charge in [0.05, 0.1) is 13.0 Å². The van der Waals surface area contributed by atoms with Gasteiger partial charge in [0.15, 0.2) is 0 Å². The van der Waals surface area contributed by atoms with Crippen LogP contribution in [0.25, 0.3) is 0 Å². The summed E-state index contributed by atoms with van der Waals surface area (Å²) in [5.41, 5.74) is 7.26. The summed E-state index contributed by atoms with van der Waals surface area (Å²) in [6, 6.07) is 7.38. The van der Waals surface area contributed by atoms with Gasteiger partial charge in [-0.3, -0.25) is 4.79 Å². The lowest BCUT2D eigenvalue weighted by molar-refractivity contribution is -0.144. The smallest absolute Gasteiger partial charge is 0.310 e. The average molecular weight is 233 g/mol. The SMILES string of the molecule is Nc1cccc(CC(=O)OCC2CCCC2)c1. The highest BCUT2D eigenvalue weighted by atomic mass is 16.5. The number of ether oxygens (including phenoxy) is 1. The lowest BCUT2D eigenvalue weighted by Crippen LogP contribution is -2.13. The zero-order chi connectivity index (χ0) is 12.1. The molecule has 0 atom stereocenters. The van der Waals surface area contributed by atoms with Crippen molar-refractivity contribution in [2.24, 2.45) is 5.92 Å². The molecule has 0 unspecified atom stereocenters. The number of rotatable bonds is 4. The summed E-state index contributed by atoms with van der Waals surface area (Å²) in [6.45, 7) is 0.584. The number of benzene rings is 1. The fourth-order valence-electron chi connectivity index (χ4n) is 2.31. The highest BCUT2D eigenvalue weighted by Gasteiger charge is 2.16. The first-order chi connectivity index (χ1) is 8.24. The Balaban J connectivity index is 1.76. The Labute approximate surface area is 102 Å². The van der Waals surface area contributed by atoms with Crippen molar-refractivity contribution in [3.05, 3.63) is 29.8 Å². The molecule has 1 aliphatic carbocycles. The third kappa shape index (κ3) is 3.77. The van der Waals surface area contributed by atoms with Crippen LogP contribution in [0.3, 0.4) is 0 Å². The third-order valence-corrected chi connectivity index (χ3v) is 3.25. The second kappa shape index (κ2) is 5.71. The second-order valence-corrected chi connectivity index (χ2v) is 4.76. The lowest BCUT2D eigenvalue weighted by Gasteiger charge is -2.10. The summed E-state index contributed by atoms with van der Waals surface area (Å²) in [5, 5.41) is 0. The van der Waals surface area contributed by atoms with Crippen LogP contribution in [0.15, 0.2) is 24.3 Å². The topological polar surface area (TPSA) is 52.3 Å². The molecule has 2 rings (SSSR count). The molecule has 0 bridgehead atoms. The maximum Gasteiger partial charge on any atom is 0.310 e. The minimum atomic E-state index is -0.150. The van der Waals surface area contributed by atoms with Gasteiger partial charge in [0.1, 0.15) is 0 Å². The van der Waals surface area contributed by atoms with E-state index >= 15 is 0 Å². The van der Waals surface area contributed by atoms with Gasteiger partial charge in [0, 0.05) is 5.69 Å². The van der Waals surface area contributed by atoms with Gasteiger partial charge in [0.2, 0.25) is 0 Å². The van der Waals surface area contributed by atoms with E-state index < -0.39 is 0 Å². The van der Waals surface area contributed by atoms with Gasteiger partial charge in [-0.05, 0) is 36.5 Å². The van der Waals surface area contributed by atoms with Crippen molar-refractivity contribution in [2.75, 3.05) is 12.3 Å². The molecular weight excluding hydrogens is 214 g/mol. The second-order valence-electron chi connectivity index (χ2n) is 4.76. The zero-order valence-electron chi connectivity index (χ0n) is 10.0. The van der Waals surface area contributed by atoms with Gasteiger partial charge in [-0.15, -0.1) is 0 Å². The largest absolute Gasteiger partial charge is 0.465 e. The molecule has 0 heterocycles. The van der Waals surface area contributed by atoms with Crippen LogP contribution in [0.5, 0.6) is 0 Å². The maximum absolute atomic E-state index is 11.6. The summed E-state index contributed by atoms with van der Waals surface area (Å²) in [4.78, 5) is 11.6. The van der Waals surface area contributed by atoms with Gasteiger partial charge < -0.3 is 10.5 Å². The van der Waals surface area contributed by atoms with Crippen LogP contribution in [-0.4, -0.2) is 12.6 Å². The van der Waals surface area contributed by atoms with Crippen LogP contribution in [0.4, 0.5) is 5.69 Å². The van der Waals surface area contributed by atoms with E-state index in [0.717, 1.165) is 5.56 Å². The Morgan fingerprint density at radius 3 is 2.82 bits per heavy atom. The molecule has 0 amide bonds. The van der Waals surface area contributed by atoms with Crippen LogP contribution < -0.4 is 5.73 Å². The van der Waals surface area contributed by atoms with Crippen molar-refractivity contribution in [2.45, 2.75) is 32.1 Å². The van der Waals surface area contributed by atoms with Crippen LogP contribution in [0.1, 0.15) is 31.2 Å². The first kappa shape index (κ1) is 12.0. The maximum atomic E-state index is 11.6. The molecule has 3 nitrogen and oxygen atoms in total. The molecular formula is C14H19NO2. The zero-order valence-corrected chi connectivity index (χ0v) is 10.0. The van der Waals surface area contributed by atoms with Gasteiger partial charge in [-0.25, -0.2) is 0 Å². The van der Waals surface area contributed by atoms with Crippen molar-refractivity contribution in [1.82, 2.24) is 0 Å². The molecule has 1 aromatic rings. The van der Waals surface area contributed by atoms with Crippen molar-refractivity contribution in [3.63, 3.8) is 0 Å². The molecule has 1 fully saturated rings. The number of esters is 1. The molecule has 0 radical (unpaired) electrons. The Bertz CT molecular complexity index is 384. The molecule has 0 spiro atoms. The number of anilines is 1. The Morgan fingerprint density at radius 1 is 1.35 bits per heavy atom. The Kier molecular flexibility index (Phi) is 4.02. The van der Waals surface area contributed by atoms with Crippen LogP contribution in [0, 0.1) is 5.92 Å². The fourth-order valence-corrected chi connectivity index (χ4v) is 2.31. The van der Waals surface area contributed by atoms with Crippen LogP contribution in [0.2, 0.25) is 0 Å². The number of carbonyl (C=O) groups excluding carboxylic acids is 1. The first-order valence-electron chi connectivity index (χ1n) is 6.24. The molecule has 92 valence electrons. The fraction of sp³-hybridized carbons (Fsp3) is 0.500. The summed E-state index contributed by atoms with van der Waals surface area (Å²) < 4.78 is 5.29. The van der Waals surface area contributed by atoms with E-state index in [1.54, 1.807) is 0 Å². The molecule has 1 aromatic carbocycles. The number of hydrogen-bond donors (Lipinski definition) is 1.